The van der Waals surface area contributed by atoms with Crippen molar-refractivity contribution < 1.29 is 18.7 Å². The molecule has 0 bridgehead atoms. The number of rotatable bonds is 3. The molecule has 2 fully saturated rings. The molecule has 5 rings (SSSR count). The highest BCUT2D eigenvalue weighted by molar-refractivity contribution is 5.93. The monoisotopic (exact) mass is 432 g/mol. The van der Waals surface area contributed by atoms with E-state index in [0.29, 0.717) is 43.2 Å². The van der Waals surface area contributed by atoms with Gasteiger partial charge in [0.05, 0.1) is 18.1 Å². The Kier molecular flexibility index (Phi) is 5.25. The summed E-state index contributed by atoms with van der Waals surface area (Å²) in [5.74, 6) is -0.0592. The second-order valence-electron chi connectivity index (χ2n) is 8.58. The molecule has 2 aliphatic heterocycles. The number of halogens is 2. The molecule has 8 nitrogen and oxygen atoms in total. The van der Waals surface area contributed by atoms with Gasteiger partial charge in [-0.15, -0.1) is 0 Å². The molecule has 4 atom stereocenters. The van der Waals surface area contributed by atoms with Crippen molar-refractivity contribution >= 4 is 23.2 Å². The fraction of sp³-hybridized carbons (Fsp3) is 0.571. The molecule has 0 radical (unpaired) electrons. The van der Waals surface area contributed by atoms with E-state index in [4.69, 9.17) is 4.98 Å². The maximum atomic E-state index is 14.6. The number of urea groups is 1. The number of fused-ring (bicyclic) bond motifs is 1. The zero-order valence-electron chi connectivity index (χ0n) is 17.1. The highest BCUT2D eigenvalue weighted by Gasteiger charge is 2.38. The van der Waals surface area contributed by atoms with E-state index in [-0.39, 0.29) is 30.7 Å². The summed E-state index contributed by atoms with van der Waals surface area (Å²) in [5.41, 5.74) is 0.953. The van der Waals surface area contributed by atoms with Crippen molar-refractivity contribution in [3.05, 3.63) is 30.4 Å². The summed E-state index contributed by atoms with van der Waals surface area (Å²) in [6, 6.07) is 1.36. The Balaban J connectivity index is 1.39. The number of hydrogen-bond donors (Lipinski definition) is 2. The second-order valence-corrected chi connectivity index (χ2v) is 8.58. The molecule has 31 heavy (non-hydrogen) atoms. The number of aliphatic hydroxyl groups is 1. The second kappa shape index (κ2) is 8.07. The zero-order chi connectivity index (χ0) is 21.5. The summed E-state index contributed by atoms with van der Waals surface area (Å²) in [5, 5.41) is 16.7. The van der Waals surface area contributed by atoms with Crippen LogP contribution in [0.1, 0.15) is 32.1 Å². The molecule has 2 aromatic rings. The van der Waals surface area contributed by atoms with Gasteiger partial charge >= 0.3 is 6.03 Å². The van der Waals surface area contributed by atoms with Crippen molar-refractivity contribution in [2.45, 2.75) is 50.4 Å². The van der Waals surface area contributed by atoms with E-state index in [9.17, 15) is 18.7 Å². The normalized spacial score (nSPS) is 28.9. The van der Waals surface area contributed by atoms with Crippen LogP contribution in [-0.2, 0) is 0 Å². The smallest absolute Gasteiger partial charge is 0.322 e. The van der Waals surface area contributed by atoms with Gasteiger partial charge in [-0.05, 0) is 37.8 Å². The Bertz CT molecular complexity index is 1010. The van der Waals surface area contributed by atoms with Crippen LogP contribution in [0.3, 0.4) is 0 Å². The molecular formula is C21H26F2N6O2. The Labute approximate surface area is 178 Å². The standard InChI is InChI=1S/C21H26F2N6O2/c22-13-3-4-16(23)15(10-13)18-2-1-7-28(18)19-6-9-29-20(26-19)17(11-24-29)25-21(31)27-8-5-14(30)12-27/h6,9-11,14-16,18,30H,1-5,7-8,12H2,(H,25,31)/t14-,15+,16?,18+/m0/s1. The van der Waals surface area contributed by atoms with Crippen molar-refractivity contribution in [1.29, 1.82) is 0 Å². The number of aromatic nitrogens is 3. The summed E-state index contributed by atoms with van der Waals surface area (Å²) in [7, 11) is 0. The fourth-order valence-electron chi connectivity index (χ4n) is 4.92. The average molecular weight is 432 g/mol. The Hall–Kier alpha value is -2.75. The van der Waals surface area contributed by atoms with Gasteiger partial charge in [0, 0.05) is 44.2 Å². The van der Waals surface area contributed by atoms with E-state index < -0.39 is 18.2 Å². The molecule has 2 N–H and O–H groups in total. The number of alkyl halides is 1. The number of likely N-dealkylation sites (tertiary alicyclic amines) is 1. The number of hydrogen-bond acceptors (Lipinski definition) is 5. The number of carbonyl (C=O) groups is 1. The molecule has 2 saturated heterocycles. The van der Waals surface area contributed by atoms with Crippen molar-refractivity contribution in [2.75, 3.05) is 29.9 Å². The molecule has 0 saturated carbocycles. The van der Waals surface area contributed by atoms with Crippen LogP contribution in [0.2, 0.25) is 0 Å². The van der Waals surface area contributed by atoms with E-state index in [1.807, 2.05) is 11.0 Å². The maximum Gasteiger partial charge on any atom is 0.322 e. The molecule has 1 unspecified atom stereocenters. The van der Waals surface area contributed by atoms with Gasteiger partial charge in [0.2, 0.25) is 0 Å². The molecule has 166 valence electrons. The summed E-state index contributed by atoms with van der Waals surface area (Å²) >= 11 is 0. The molecule has 1 aliphatic carbocycles. The van der Waals surface area contributed by atoms with Crippen LogP contribution in [0.25, 0.3) is 5.65 Å². The Morgan fingerprint density at radius 1 is 1.26 bits per heavy atom. The summed E-state index contributed by atoms with van der Waals surface area (Å²) in [6.07, 6.45) is 5.80. The third kappa shape index (κ3) is 3.84. The first kappa shape index (κ1) is 20.2. The number of anilines is 2. The summed E-state index contributed by atoms with van der Waals surface area (Å²) in [4.78, 5) is 20.8. The lowest BCUT2D eigenvalue weighted by Crippen LogP contribution is -2.40. The Morgan fingerprint density at radius 3 is 2.94 bits per heavy atom. The number of nitrogens with one attached hydrogen (secondary N) is 1. The SMILES string of the molecule is O=C(Nc1cnn2ccc(N3CCC[C@@H]3[C@@H]3C=C(F)CCC3F)nc12)N1CC[C@H](O)C1. The minimum atomic E-state index is -1.06. The van der Waals surface area contributed by atoms with Gasteiger partial charge < -0.3 is 20.2 Å². The van der Waals surface area contributed by atoms with Gasteiger partial charge in [-0.1, -0.05) is 0 Å². The van der Waals surface area contributed by atoms with Gasteiger partial charge in [-0.25, -0.2) is 23.1 Å². The van der Waals surface area contributed by atoms with Gasteiger partial charge in [-0.3, -0.25) is 0 Å². The number of amides is 2. The van der Waals surface area contributed by atoms with Crippen LogP contribution in [-0.4, -0.2) is 68.6 Å². The predicted octanol–water partition coefficient (Wildman–Crippen LogP) is 2.90. The van der Waals surface area contributed by atoms with E-state index in [1.165, 1.54) is 12.3 Å². The first-order chi connectivity index (χ1) is 15.0. The summed E-state index contributed by atoms with van der Waals surface area (Å²) in [6.45, 7) is 1.51. The zero-order valence-corrected chi connectivity index (χ0v) is 17.1. The highest BCUT2D eigenvalue weighted by atomic mass is 19.1. The van der Waals surface area contributed by atoms with Crippen molar-refractivity contribution in [3.8, 4) is 0 Å². The van der Waals surface area contributed by atoms with Crippen molar-refractivity contribution in [3.63, 3.8) is 0 Å². The van der Waals surface area contributed by atoms with E-state index >= 15 is 0 Å². The molecule has 0 aromatic carbocycles. The molecule has 0 spiro atoms. The molecule has 2 amide bonds. The molecule has 4 heterocycles. The maximum absolute atomic E-state index is 14.6. The molecular weight excluding hydrogens is 406 g/mol. The lowest BCUT2D eigenvalue weighted by atomic mass is 9.86. The van der Waals surface area contributed by atoms with Crippen LogP contribution in [0, 0.1) is 5.92 Å². The topological polar surface area (TPSA) is 86.0 Å². The van der Waals surface area contributed by atoms with Crippen LogP contribution in [0.4, 0.5) is 25.1 Å². The number of aliphatic hydroxyl groups excluding tert-OH is 1. The van der Waals surface area contributed by atoms with Gasteiger partial charge in [0.1, 0.15) is 17.7 Å². The van der Waals surface area contributed by atoms with Crippen LogP contribution < -0.4 is 10.2 Å². The number of allylic oxidation sites excluding steroid dienone is 1. The van der Waals surface area contributed by atoms with E-state index in [0.717, 1.165) is 12.8 Å². The number of nitrogens with zero attached hydrogens (tertiary/aromatic N) is 5. The lowest BCUT2D eigenvalue weighted by Gasteiger charge is -2.34. The molecule has 3 aliphatic rings. The van der Waals surface area contributed by atoms with Crippen LogP contribution in [0.15, 0.2) is 30.4 Å². The third-order valence-electron chi connectivity index (χ3n) is 6.53. The van der Waals surface area contributed by atoms with E-state index in [1.54, 1.807) is 15.6 Å². The predicted molar refractivity (Wildman–Crippen MR) is 111 cm³/mol. The van der Waals surface area contributed by atoms with Crippen molar-refractivity contribution in [2.24, 2.45) is 5.92 Å². The minimum Gasteiger partial charge on any atom is -0.391 e. The first-order valence-electron chi connectivity index (χ1n) is 10.8. The number of β-amino-alcohol motifs (C(OH)–C–C–N with tert-alkyl or cyclic N) is 1. The van der Waals surface area contributed by atoms with Crippen molar-refractivity contribution in [1.82, 2.24) is 19.5 Å². The average Bonchev–Trinajstić information content (AvgIpc) is 3.49. The molecule has 2 aromatic heterocycles. The third-order valence-corrected chi connectivity index (χ3v) is 6.53. The Morgan fingerprint density at radius 2 is 2.13 bits per heavy atom. The first-order valence-corrected chi connectivity index (χ1v) is 10.8. The quantitative estimate of drug-likeness (QED) is 0.779. The van der Waals surface area contributed by atoms with E-state index in [2.05, 4.69) is 10.4 Å². The minimum absolute atomic E-state index is 0.150. The lowest BCUT2D eigenvalue weighted by molar-refractivity contribution is 0.176. The van der Waals surface area contributed by atoms with Gasteiger partial charge in [-0.2, -0.15) is 5.10 Å². The van der Waals surface area contributed by atoms with Gasteiger partial charge in [0.15, 0.2) is 5.65 Å². The summed E-state index contributed by atoms with van der Waals surface area (Å²) < 4.78 is 30.0. The number of carbonyl (C=O) groups excluding carboxylic acids is 1. The fourth-order valence-corrected chi connectivity index (χ4v) is 4.92. The molecule has 10 heteroatoms. The highest BCUT2D eigenvalue weighted by Crippen LogP contribution is 2.37. The largest absolute Gasteiger partial charge is 0.391 e. The van der Waals surface area contributed by atoms with Gasteiger partial charge in [0.25, 0.3) is 0 Å². The van der Waals surface area contributed by atoms with Crippen LogP contribution in [0.5, 0.6) is 0 Å². The van der Waals surface area contributed by atoms with Crippen LogP contribution >= 0.6 is 0 Å².